The zero-order valence-corrected chi connectivity index (χ0v) is 14.3. The van der Waals surface area contributed by atoms with Crippen LogP contribution in [0.15, 0.2) is 71.9 Å². The van der Waals surface area contributed by atoms with Crippen molar-refractivity contribution in [3.8, 4) is 22.3 Å². The summed E-state index contributed by atoms with van der Waals surface area (Å²) < 4.78 is 38.3. The third kappa shape index (κ3) is 2.87. The number of nitrogens with zero attached hydrogens (tertiary/aromatic N) is 1. The second-order valence-corrected chi connectivity index (χ2v) is 7.41. The molecule has 0 radical (unpaired) electrons. The Morgan fingerprint density at radius 3 is 2.54 bits per heavy atom. The lowest BCUT2D eigenvalue weighted by molar-refractivity contribution is 0.598. The Bertz CT molecular complexity index is 1230. The van der Waals surface area contributed by atoms with Gasteiger partial charge in [0, 0.05) is 34.5 Å². The molecule has 7 heteroatoms. The van der Waals surface area contributed by atoms with Gasteiger partial charge in [-0.05, 0) is 29.8 Å². The van der Waals surface area contributed by atoms with Gasteiger partial charge >= 0.3 is 0 Å². The molecule has 5 nitrogen and oxygen atoms in total. The van der Waals surface area contributed by atoms with Gasteiger partial charge in [0.05, 0.1) is 4.90 Å². The molecule has 0 aliphatic rings. The second-order valence-electron chi connectivity index (χ2n) is 5.88. The minimum Gasteiger partial charge on any atom is -0.346 e. The topological polar surface area (TPSA) is 88.8 Å². The molecule has 0 amide bonds. The molecule has 4 aromatic rings. The number of aromatic amines is 1. The van der Waals surface area contributed by atoms with E-state index < -0.39 is 15.8 Å². The Morgan fingerprint density at radius 1 is 0.962 bits per heavy atom. The molecule has 0 fully saturated rings. The van der Waals surface area contributed by atoms with Crippen LogP contribution in [0, 0.1) is 5.82 Å². The predicted molar refractivity (Wildman–Crippen MR) is 98.3 cm³/mol. The number of aromatic nitrogens is 2. The fourth-order valence-electron chi connectivity index (χ4n) is 2.95. The molecule has 0 saturated heterocycles. The van der Waals surface area contributed by atoms with Crippen LogP contribution in [0.5, 0.6) is 0 Å². The summed E-state index contributed by atoms with van der Waals surface area (Å²) in [6.07, 6.45) is 3.45. The summed E-state index contributed by atoms with van der Waals surface area (Å²) in [4.78, 5) is 7.20. The van der Waals surface area contributed by atoms with Crippen LogP contribution in [0.1, 0.15) is 0 Å². The van der Waals surface area contributed by atoms with Crippen molar-refractivity contribution in [2.75, 3.05) is 0 Å². The summed E-state index contributed by atoms with van der Waals surface area (Å²) in [5, 5.41) is 6.17. The van der Waals surface area contributed by atoms with E-state index in [1.165, 1.54) is 18.2 Å². The van der Waals surface area contributed by atoms with Crippen LogP contribution in [0.25, 0.3) is 33.3 Å². The maximum absolute atomic E-state index is 14.8. The molecule has 0 atom stereocenters. The molecule has 0 unspecified atom stereocenters. The van der Waals surface area contributed by atoms with Gasteiger partial charge in [-0.3, -0.25) is 0 Å². The number of sulfonamides is 1. The van der Waals surface area contributed by atoms with Gasteiger partial charge in [0.15, 0.2) is 0 Å². The third-order valence-corrected chi connectivity index (χ3v) is 5.16. The van der Waals surface area contributed by atoms with E-state index in [4.69, 9.17) is 5.14 Å². The summed E-state index contributed by atoms with van der Waals surface area (Å²) in [6, 6.07) is 14.5. The van der Waals surface area contributed by atoms with Gasteiger partial charge in [0.25, 0.3) is 0 Å². The lowest BCUT2D eigenvalue weighted by Gasteiger charge is -2.10. The summed E-state index contributed by atoms with van der Waals surface area (Å²) in [5.41, 5.74) is 2.58. The highest BCUT2D eigenvalue weighted by molar-refractivity contribution is 7.89. The number of benzene rings is 2. The van der Waals surface area contributed by atoms with Crippen LogP contribution >= 0.6 is 0 Å². The van der Waals surface area contributed by atoms with Crippen LogP contribution in [-0.4, -0.2) is 18.4 Å². The van der Waals surface area contributed by atoms with Crippen molar-refractivity contribution in [3.63, 3.8) is 0 Å². The largest absolute Gasteiger partial charge is 0.346 e. The molecule has 0 bridgehead atoms. The molecule has 2 heterocycles. The minimum absolute atomic E-state index is 0.109. The Labute approximate surface area is 149 Å². The second kappa shape index (κ2) is 6.05. The van der Waals surface area contributed by atoms with Gasteiger partial charge in [-0.2, -0.15) is 0 Å². The predicted octanol–water partition coefficient (Wildman–Crippen LogP) is 3.68. The zero-order valence-electron chi connectivity index (χ0n) is 13.5. The number of hydrogen-bond acceptors (Lipinski definition) is 3. The quantitative estimate of drug-likeness (QED) is 0.579. The van der Waals surface area contributed by atoms with Crippen molar-refractivity contribution in [3.05, 3.63) is 72.8 Å². The van der Waals surface area contributed by atoms with Gasteiger partial charge in [0.2, 0.25) is 10.0 Å². The highest BCUT2D eigenvalue weighted by atomic mass is 32.2. The van der Waals surface area contributed by atoms with Crippen molar-refractivity contribution in [2.45, 2.75) is 4.90 Å². The van der Waals surface area contributed by atoms with Crippen LogP contribution < -0.4 is 5.14 Å². The van der Waals surface area contributed by atoms with Crippen LogP contribution in [0.2, 0.25) is 0 Å². The van der Waals surface area contributed by atoms with Crippen molar-refractivity contribution < 1.29 is 12.8 Å². The minimum atomic E-state index is -3.96. The number of hydrogen-bond donors (Lipinski definition) is 2. The molecule has 0 aliphatic carbocycles. The Kier molecular flexibility index (Phi) is 3.82. The number of primary sulfonamides is 1. The summed E-state index contributed by atoms with van der Waals surface area (Å²) in [6.45, 7) is 0. The molecule has 0 saturated carbocycles. The Balaban J connectivity index is 1.82. The van der Waals surface area contributed by atoms with Gasteiger partial charge in [-0.25, -0.2) is 22.9 Å². The lowest BCUT2D eigenvalue weighted by atomic mass is 10.00. The molecule has 130 valence electrons. The fraction of sp³-hybridized carbons (Fsp3) is 0. The fourth-order valence-corrected chi connectivity index (χ4v) is 3.70. The monoisotopic (exact) mass is 367 g/mol. The average molecular weight is 367 g/mol. The van der Waals surface area contributed by atoms with E-state index in [1.807, 2.05) is 12.1 Å². The van der Waals surface area contributed by atoms with E-state index in [1.54, 1.807) is 36.7 Å². The molecule has 0 spiro atoms. The van der Waals surface area contributed by atoms with E-state index in [0.29, 0.717) is 5.56 Å². The SMILES string of the molecule is NS(=O)(=O)c1ccccc1-c1ccc(-c2cnc3[nH]ccc3c2)cc1F. The third-order valence-electron chi connectivity index (χ3n) is 4.19. The molecular formula is C19H14FN3O2S. The van der Waals surface area contributed by atoms with Crippen molar-refractivity contribution in [1.29, 1.82) is 0 Å². The standard InChI is InChI=1S/C19H14FN3O2S/c20-17-10-12(14-9-13-7-8-22-19(13)23-11-14)5-6-15(17)16-3-1-2-4-18(16)26(21,24)25/h1-11H,(H,22,23)(H2,21,24,25). The first-order valence-electron chi connectivity index (χ1n) is 7.79. The molecule has 26 heavy (non-hydrogen) atoms. The maximum Gasteiger partial charge on any atom is 0.238 e. The van der Waals surface area contributed by atoms with E-state index in [2.05, 4.69) is 9.97 Å². The Morgan fingerprint density at radius 2 is 1.77 bits per heavy atom. The number of nitrogens with two attached hydrogens (primary N) is 1. The molecule has 0 aliphatic heterocycles. The van der Waals surface area contributed by atoms with Crippen molar-refractivity contribution >= 4 is 21.1 Å². The first-order chi connectivity index (χ1) is 12.4. The number of pyridine rings is 1. The van der Waals surface area contributed by atoms with Gasteiger partial charge in [-0.1, -0.05) is 30.3 Å². The Hall–Kier alpha value is -3.03. The molecular weight excluding hydrogens is 353 g/mol. The van der Waals surface area contributed by atoms with Crippen LogP contribution in [0.4, 0.5) is 4.39 Å². The van der Waals surface area contributed by atoms with E-state index in [0.717, 1.165) is 16.6 Å². The highest BCUT2D eigenvalue weighted by Gasteiger charge is 2.17. The number of halogens is 1. The van der Waals surface area contributed by atoms with Crippen molar-refractivity contribution in [2.24, 2.45) is 5.14 Å². The summed E-state index contributed by atoms with van der Waals surface area (Å²) in [7, 11) is -3.96. The number of nitrogens with one attached hydrogen (secondary N) is 1. The molecule has 4 rings (SSSR count). The first-order valence-corrected chi connectivity index (χ1v) is 9.33. The van der Waals surface area contributed by atoms with Gasteiger partial charge in [0.1, 0.15) is 11.5 Å². The molecule has 3 N–H and O–H groups in total. The van der Waals surface area contributed by atoms with E-state index >= 15 is 0 Å². The smallest absolute Gasteiger partial charge is 0.238 e. The maximum atomic E-state index is 14.8. The number of fused-ring (bicyclic) bond motifs is 1. The highest BCUT2D eigenvalue weighted by Crippen LogP contribution is 2.32. The lowest BCUT2D eigenvalue weighted by Crippen LogP contribution is -2.13. The number of H-pyrrole nitrogens is 1. The summed E-state index contributed by atoms with van der Waals surface area (Å²) in [5.74, 6) is -0.534. The van der Waals surface area contributed by atoms with Crippen LogP contribution in [-0.2, 0) is 10.0 Å². The zero-order chi connectivity index (χ0) is 18.3. The van der Waals surface area contributed by atoms with Gasteiger partial charge in [-0.15, -0.1) is 0 Å². The molecule has 2 aromatic carbocycles. The first kappa shape index (κ1) is 16.4. The van der Waals surface area contributed by atoms with Crippen LogP contribution in [0.3, 0.4) is 0 Å². The summed E-state index contributed by atoms with van der Waals surface area (Å²) >= 11 is 0. The normalized spacial score (nSPS) is 11.8. The van der Waals surface area contributed by atoms with E-state index in [9.17, 15) is 12.8 Å². The van der Waals surface area contributed by atoms with Crippen molar-refractivity contribution in [1.82, 2.24) is 9.97 Å². The average Bonchev–Trinajstić information content (AvgIpc) is 3.08. The van der Waals surface area contributed by atoms with E-state index in [-0.39, 0.29) is 16.0 Å². The van der Waals surface area contributed by atoms with Gasteiger partial charge < -0.3 is 4.98 Å². The molecule has 2 aromatic heterocycles. The number of rotatable bonds is 3.